The molecule has 0 saturated carbocycles. The van der Waals surface area contributed by atoms with Crippen molar-refractivity contribution < 1.29 is 0 Å². The van der Waals surface area contributed by atoms with Gasteiger partial charge in [0.2, 0.25) is 0 Å². The summed E-state index contributed by atoms with van der Waals surface area (Å²) in [5, 5.41) is 0. The SMILES string of the molecule is CCCCC(CC)CN1CCCCCC1. The molecule has 90 valence electrons. The number of rotatable bonds is 6. The van der Waals surface area contributed by atoms with Crippen LogP contribution in [0.1, 0.15) is 65.2 Å². The van der Waals surface area contributed by atoms with Crippen molar-refractivity contribution in [2.45, 2.75) is 65.2 Å². The Labute approximate surface area is 96.2 Å². The Kier molecular flexibility index (Phi) is 7.08. The molecule has 15 heavy (non-hydrogen) atoms. The molecular formula is C14H29N. The number of nitrogens with zero attached hydrogens (tertiary/aromatic N) is 1. The Hall–Kier alpha value is -0.0400. The molecule has 0 bridgehead atoms. The zero-order chi connectivity index (χ0) is 10.9. The molecule has 0 aliphatic carbocycles. The molecule has 1 fully saturated rings. The van der Waals surface area contributed by atoms with Crippen LogP contribution in [-0.2, 0) is 0 Å². The molecule has 0 N–H and O–H groups in total. The van der Waals surface area contributed by atoms with Crippen LogP contribution in [0.15, 0.2) is 0 Å². The van der Waals surface area contributed by atoms with Gasteiger partial charge in [-0.25, -0.2) is 0 Å². The van der Waals surface area contributed by atoms with E-state index in [2.05, 4.69) is 18.7 Å². The lowest BCUT2D eigenvalue weighted by molar-refractivity contribution is 0.226. The average Bonchev–Trinajstić information content (AvgIpc) is 2.52. The minimum Gasteiger partial charge on any atom is -0.303 e. The second-order valence-electron chi connectivity index (χ2n) is 5.13. The highest BCUT2D eigenvalue weighted by Crippen LogP contribution is 2.17. The van der Waals surface area contributed by atoms with Crippen LogP contribution < -0.4 is 0 Å². The minimum atomic E-state index is 0.961. The van der Waals surface area contributed by atoms with Gasteiger partial charge in [0.15, 0.2) is 0 Å². The van der Waals surface area contributed by atoms with Crippen LogP contribution in [0, 0.1) is 5.92 Å². The summed E-state index contributed by atoms with van der Waals surface area (Å²) in [6.45, 7) is 8.76. The van der Waals surface area contributed by atoms with E-state index in [9.17, 15) is 0 Å². The van der Waals surface area contributed by atoms with Gasteiger partial charge in [-0.3, -0.25) is 0 Å². The van der Waals surface area contributed by atoms with E-state index in [4.69, 9.17) is 0 Å². The molecule has 0 aromatic carbocycles. The van der Waals surface area contributed by atoms with Crippen LogP contribution in [0.3, 0.4) is 0 Å². The summed E-state index contributed by atoms with van der Waals surface area (Å²) in [7, 11) is 0. The lowest BCUT2D eigenvalue weighted by Crippen LogP contribution is -2.30. The second kappa shape index (κ2) is 8.15. The highest BCUT2D eigenvalue weighted by molar-refractivity contribution is 4.68. The van der Waals surface area contributed by atoms with Crippen molar-refractivity contribution in [3.8, 4) is 0 Å². The number of likely N-dealkylation sites (tertiary alicyclic amines) is 1. The third kappa shape index (κ3) is 5.55. The van der Waals surface area contributed by atoms with Crippen LogP contribution in [0.2, 0.25) is 0 Å². The molecule has 0 aromatic rings. The Bertz CT molecular complexity index is 136. The maximum atomic E-state index is 2.72. The van der Waals surface area contributed by atoms with Gasteiger partial charge in [-0.15, -0.1) is 0 Å². The van der Waals surface area contributed by atoms with E-state index in [0.717, 1.165) is 5.92 Å². The molecule has 0 spiro atoms. The van der Waals surface area contributed by atoms with Crippen LogP contribution in [0.25, 0.3) is 0 Å². The number of unbranched alkanes of at least 4 members (excludes halogenated alkanes) is 1. The molecule has 1 aliphatic rings. The van der Waals surface area contributed by atoms with Crippen molar-refractivity contribution in [1.29, 1.82) is 0 Å². The van der Waals surface area contributed by atoms with Gasteiger partial charge in [0.25, 0.3) is 0 Å². The molecule has 1 heterocycles. The first-order chi connectivity index (χ1) is 7.36. The summed E-state index contributed by atoms with van der Waals surface area (Å²) in [5.74, 6) is 0.961. The van der Waals surface area contributed by atoms with E-state index >= 15 is 0 Å². The number of hydrogen-bond donors (Lipinski definition) is 0. The fourth-order valence-electron chi connectivity index (χ4n) is 2.60. The fraction of sp³-hybridized carbons (Fsp3) is 1.00. The van der Waals surface area contributed by atoms with E-state index in [1.807, 2.05) is 0 Å². The van der Waals surface area contributed by atoms with E-state index in [1.54, 1.807) is 0 Å². The minimum absolute atomic E-state index is 0.961. The van der Waals surface area contributed by atoms with Crippen molar-refractivity contribution in [3.05, 3.63) is 0 Å². The molecule has 1 heteroatoms. The van der Waals surface area contributed by atoms with Gasteiger partial charge in [0, 0.05) is 6.54 Å². The highest BCUT2D eigenvalue weighted by atomic mass is 15.1. The smallest absolute Gasteiger partial charge is 0.000955 e. The maximum Gasteiger partial charge on any atom is 0.000955 e. The Morgan fingerprint density at radius 3 is 2.20 bits per heavy atom. The first-order valence-corrected chi connectivity index (χ1v) is 7.09. The lowest BCUT2D eigenvalue weighted by atomic mass is 9.98. The maximum absolute atomic E-state index is 2.72. The van der Waals surface area contributed by atoms with Gasteiger partial charge in [-0.2, -0.15) is 0 Å². The molecule has 0 aromatic heterocycles. The summed E-state index contributed by atoms with van der Waals surface area (Å²) < 4.78 is 0. The summed E-state index contributed by atoms with van der Waals surface area (Å²) in [6, 6.07) is 0. The highest BCUT2D eigenvalue weighted by Gasteiger charge is 2.13. The second-order valence-corrected chi connectivity index (χ2v) is 5.13. The molecule has 1 saturated heterocycles. The molecule has 0 amide bonds. The average molecular weight is 211 g/mol. The standard InChI is InChI=1S/C14H29N/c1-3-5-10-14(4-2)13-15-11-8-6-7-9-12-15/h14H,3-13H2,1-2H3. The zero-order valence-corrected chi connectivity index (χ0v) is 10.8. The molecule has 0 radical (unpaired) electrons. The van der Waals surface area contributed by atoms with E-state index in [-0.39, 0.29) is 0 Å². The summed E-state index contributed by atoms with van der Waals surface area (Å²) in [4.78, 5) is 2.72. The normalized spacial score (nSPS) is 21.2. The largest absolute Gasteiger partial charge is 0.303 e. The topological polar surface area (TPSA) is 3.24 Å². The third-order valence-corrected chi connectivity index (χ3v) is 3.76. The van der Waals surface area contributed by atoms with Crippen molar-refractivity contribution in [3.63, 3.8) is 0 Å². The van der Waals surface area contributed by atoms with Crippen LogP contribution in [0.4, 0.5) is 0 Å². The summed E-state index contributed by atoms with van der Waals surface area (Å²) in [6.07, 6.45) is 11.4. The molecule has 1 nitrogen and oxygen atoms in total. The van der Waals surface area contributed by atoms with Gasteiger partial charge in [0.05, 0.1) is 0 Å². The van der Waals surface area contributed by atoms with E-state index in [1.165, 1.54) is 71.0 Å². The predicted molar refractivity (Wildman–Crippen MR) is 68.2 cm³/mol. The zero-order valence-electron chi connectivity index (χ0n) is 10.8. The third-order valence-electron chi connectivity index (χ3n) is 3.76. The van der Waals surface area contributed by atoms with Gasteiger partial charge < -0.3 is 4.90 Å². The van der Waals surface area contributed by atoms with E-state index in [0.29, 0.717) is 0 Å². The van der Waals surface area contributed by atoms with Gasteiger partial charge in [-0.05, 0) is 38.3 Å². The Morgan fingerprint density at radius 1 is 1.00 bits per heavy atom. The Morgan fingerprint density at radius 2 is 1.67 bits per heavy atom. The van der Waals surface area contributed by atoms with E-state index < -0.39 is 0 Å². The number of hydrogen-bond acceptors (Lipinski definition) is 1. The quantitative estimate of drug-likeness (QED) is 0.640. The lowest BCUT2D eigenvalue weighted by Gasteiger charge is -2.25. The van der Waals surface area contributed by atoms with Gasteiger partial charge in [0.1, 0.15) is 0 Å². The predicted octanol–water partition coefficient (Wildman–Crippen LogP) is 4.08. The molecular weight excluding hydrogens is 182 g/mol. The van der Waals surface area contributed by atoms with Crippen LogP contribution >= 0.6 is 0 Å². The van der Waals surface area contributed by atoms with Crippen molar-refractivity contribution in [1.82, 2.24) is 4.90 Å². The van der Waals surface area contributed by atoms with Gasteiger partial charge in [-0.1, -0.05) is 46.0 Å². The molecule has 1 atom stereocenters. The molecule has 1 aliphatic heterocycles. The summed E-state index contributed by atoms with van der Waals surface area (Å²) >= 11 is 0. The van der Waals surface area contributed by atoms with Crippen LogP contribution in [0.5, 0.6) is 0 Å². The van der Waals surface area contributed by atoms with Crippen molar-refractivity contribution in [2.75, 3.05) is 19.6 Å². The Balaban J connectivity index is 2.22. The monoisotopic (exact) mass is 211 g/mol. The molecule has 1 rings (SSSR count). The molecule has 1 unspecified atom stereocenters. The summed E-state index contributed by atoms with van der Waals surface area (Å²) in [5.41, 5.74) is 0. The first-order valence-electron chi connectivity index (χ1n) is 7.09. The van der Waals surface area contributed by atoms with Gasteiger partial charge >= 0.3 is 0 Å². The fourth-order valence-corrected chi connectivity index (χ4v) is 2.60. The van der Waals surface area contributed by atoms with Crippen LogP contribution in [-0.4, -0.2) is 24.5 Å². The van der Waals surface area contributed by atoms with Crippen molar-refractivity contribution >= 4 is 0 Å². The first kappa shape index (κ1) is 13.0. The van der Waals surface area contributed by atoms with Crippen molar-refractivity contribution in [2.24, 2.45) is 5.92 Å².